The van der Waals surface area contributed by atoms with Crippen molar-refractivity contribution in [3.05, 3.63) is 41.7 Å². The third-order valence-electron chi connectivity index (χ3n) is 4.75. The van der Waals surface area contributed by atoms with Crippen molar-refractivity contribution >= 4 is 17.7 Å². The van der Waals surface area contributed by atoms with Crippen molar-refractivity contribution in [1.82, 2.24) is 20.1 Å². The summed E-state index contributed by atoms with van der Waals surface area (Å²) < 4.78 is 2.03. The second-order valence-corrected chi connectivity index (χ2v) is 8.00. The second kappa shape index (κ2) is 8.04. The number of amides is 1. The Kier molecular flexibility index (Phi) is 5.78. The average Bonchev–Trinajstić information content (AvgIpc) is 3.41. The van der Waals surface area contributed by atoms with E-state index in [0.29, 0.717) is 18.4 Å². The van der Waals surface area contributed by atoms with Crippen molar-refractivity contribution in [2.45, 2.75) is 55.4 Å². The number of carbonyl (C=O) groups excluding carboxylic acids is 1. The quantitative estimate of drug-likeness (QED) is 0.734. The van der Waals surface area contributed by atoms with Crippen LogP contribution in [0.1, 0.15) is 56.3 Å². The third kappa shape index (κ3) is 4.42. The highest BCUT2D eigenvalue weighted by Gasteiger charge is 2.30. The minimum atomic E-state index is -0.191. The zero-order valence-electron chi connectivity index (χ0n) is 15.1. The summed E-state index contributed by atoms with van der Waals surface area (Å²) in [6.07, 6.45) is 3.40. The molecule has 134 valence electrons. The smallest absolute Gasteiger partial charge is 0.233 e. The van der Waals surface area contributed by atoms with Gasteiger partial charge in [-0.2, -0.15) is 0 Å². The maximum absolute atomic E-state index is 12.5. The highest BCUT2D eigenvalue weighted by molar-refractivity contribution is 8.00. The summed E-state index contributed by atoms with van der Waals surface area (Å²) in [5.74, 6) is 2.01. The largest absolute Gasteiger partial charge is 0.355 e. The van der Waals surface area contributed by atoms with Crippen LogP contribution in [0.25, 0.3) is 0 Å². The third-order valence-corrected chi connectivity index (χ3v) is 5.88. The van der Waals surface area contributed by atoms with Gasteiger partial charge in [-0.25, -0.2) is 0 Å². The summed E-state index contributed by atoms with van der Waals surface area (Å²) in [5, 5.41) is 12.3. The number of nitrogens with one attached hydrogen (secondary N) is 1. The summed E-state index contributed by atoms with van der Waals surface area (Å²) in [5.41, 5.74) is 1.27. The number of rotatable bonds is 8. The Morgan fingerprint density at radius 3 is 2.68 bits per heavy atom. The van der Waals surface area contributed by atoms with E-state index in [0.717, 1.165) is 17.4 Å². The molecule has 0 unspecified atom stereocenters. The maximum atomic E-state index is 12.5. The van der Waals surface area contributed by atoms with E-state index in [1.807, 2.05) is 36.7 Å². The molecular formula is C19H26N4OS. The van der Waals surface area contributed by atoms with E-state index in [4.69, 9.17) is 0 Å². The molecule has 1 aliphatic rings. The normalized spacial score (nSPS) is 16.4. The van der Waals surface area contributed by atoms with E-state index in [1.165, 1.54) is 30.2 Å². The fraction of sp³-hybridized carbons (Fsp3) is 0.526. The first-order valence-corrected chi connectivity index (χ1v) is 9.86. The van der Waals surface area contributed by atoms with Gasteiger partial charge in [-0.15, -0.1) is 10.2 Å². The molecule has 0 saturated heterocycles. The SMILES string of the molecule is CC[C@@H](CNC(=O)[C@H](C)Sc1nnc(C2CC2)n1C)c1ccccc1. The highest BCUT2D eigenvalue weighted by atomic mass is 32.2. The zero-order chi connectivity index (χ0) is 17.8. The summed E-state index contributed by atoms with van der Waals surface area (Å²) in [7, 11) is 1.99. The van der Waals surface area contributed by atoms with E-state index in [2.05, 4.69) is 34.6 Å². The highest BCUT2D eigenvalue weighted by Crippen LogP contribution is 2.39. The molecule has 0 aliphatic heterocycles. The standard InChI is InChI=1S/C19H26N4OS/c1-4-14(15-8-6-5-7-9-15)12-20-18(24)13(2)25-19-22-21-17(23(19)3)16-10-11-16/h5-9,13-14,16H,4,10-12H2,1-3H3,(H,20,24)/t13-,14-/m0/s1. The molecule has 1 aliphatic carbocycles. The van der Waals surface area contributed by atoms with Gasteiger partial charge in [0.2, 0.25) is 5.91 Å². The van der Waals surface area contributed by atoms with Crippen LogP contribution < -0.4 is 5.32 Å². The lowest BCUT2D eigenvalue weighted by Crippen LogP contribution is -2.34. The lowest BCUT2D eigenvalue weighted by molar-refractivity contribution is -0.120. The molecule has 0 spiro atoms. The molecule has 0 bridgehead atoms. The minimum Gasteiger partial charge on any atom is -0.355 e. The molecule has 0 radical (unpaired) electrons. The summed E-state index contributed by atoms with van der Waals surface area (Å²) in [6, 6.07) is 10.4. The van der Waals surface area contributed by atoms with Crippen LogP contribution in [0.5, 0.6) is 0 Å². The van der Waals surface area contributed by atoms with Gasteiger partial charge in [-0.1, -0.05) is 49.0 Å². The summed E-state index contributed by atoms with van der Waals surface area (Å²) >= 11 is 1.48. The van der Waals surface area contributed by atoms with Gasteiger partial charge < -0.3 is 9.88 Å². The maximum Gasteiger partial charge on any atom is 0.233 e. The first-order chi connectivity index (χ1) is 12.1. The number of nitrogens with zero attached hydrogens (tertiary/aromatic N) is 3. The predicted molar refractivity (Wildman–Crippen MR) is 101 cm³/mol. The lowest BCUT2D eigenvalue weighted by atomic mass is 9.96. The van der Waals surface area contributed by atoms with E-state index in [9.17, 15) is 4.79 Å². The molecule has 3 rings (SSSR count). The van der Waals surface area contributed by atoms with Gasteiger partial charge in [0.05, 0.1) is 5.25 Å². The molecule has 2 atom stereocenters. The number of thioether (sulfide) groups is 1. The Hall–Kier alpha value is -1.82. The zero-order valence-corrected chi connectivity index (χ0v) is 15.9. The van der Waals surface area contributed by atoms with Crippen molar-refractivity contribution in [3.8, 4) is 0 Å². The molecular weight excluding hydrogens is 332 g/mol. The summed E-state index contributed by atoms with van der Waals surface area (Å²) in [4.78, 5) is 12.5. The molecule has 6 heteroatoms. The van der Waals surface area contributed by atoms with Crippen molar-refractivity contribution in [2.24, 2.45) is 7.05 Å². The number of aromatic nitrogens is 3. The van der Waals surface area contributed by atoms with Crippen LogP contribution in [0.15, 0.2) is 35.5 Å². The molecule has 5 nitrogen and oxygen atoms in total. The van der Waals surface area contributed by atoms with E-state index >= 15 is 0 Å². The van der Waals surface area contributed by atoms with Gasteiger partial charge in [0.25, 0.3) is 0 Å². The molecule has 1 amide bonds. The van der Waals surface area contributed by atoms with Gasteiger partial charge in [-0.05, 0) is 31.7 Å². The van der Waals surface area contributed by atoms with Crippen LogP contribution in [0.4, 0.5) is 0 Å². The monoisotopic (exact) mass is 358 g/mol. The van der Waals surface area contributed by atoms with Crippen LogP contribution in [0.3, 0.4) is 0 Å². The second-order valence-electron chi connectivity index (χ2n) is 6.70. The van der Waals surface area contributed by atoms with E-state index < -0.39 is 0 Å². The Morgan fingerprint density at radius 1 is 1.32 bits per heavy atom. The van der Waals surface area contributed by atoms with Crippen molar-refractivity contribution in [2.75, 3.05) is 6.54 Å². The van der Waals surface area contributed by atoms with Gasteiger partial charge >= 0.3 is 0 Å². The fourth-order valence-corrected chi connectivity index (χ4v) is 3.77. The van der Waals surface area contributed by atoms with Crippen molar-refractivity contribution in [1.29, 1.82) is 0 Å². The van der Waals surface area contributed by atoms with Gasteiger partial charge in [-0.3, -0.25) is 4.79 Å². The molecule has 1 aromatic carbocycles. The predicted octanol–water partition coefficient (Wildman–Crippen LogP) is 3.48. The first-order valence-electron chi connectivity index (χ1n) is 8.98. The molecule has 1 fully saturated rings. The van der Waals surface area contributed by atoms with Crippen LogP contribution in [-0.2, 0) is 11.8 Å². The molecule has 1 saturated carbocycles. The fourth-order valence-electron chi connectivity index (χ4n) is 2.93. The molecule has 25 heavy (non-hydrogen) atoms. The van der Waals surface area contributed by atoms with E-state index in [1.54, 1.807) is 0 Å². The number of carbonyl (C=O) groups is 1. The van der Waals surface area contributed by atoms with Crippen LogP contribution in [0.2, 0.25) is 0 Å². The number of benzene rings is 1. The summed E-state index contributed by atoms with van der Waals surface area (Å²) in [6.45, 7) is 4.74. The van der Waals surface area contributed by atoms with Crippen molar-refractivity contribution < 1.29 is 4.79 Å². The Balaban J connectivity index is 1.53. The molecule has 2 aromatic rings. The molecule has 1 heterocycles. The Morgan fingerprint density at radius 2 is 2.04 bits per heavy atom. The topological polar surface area (TPSA) is 59.8 Å². The van der Waals surface area contributed by atoms with Crippen LogP contribution in [0, 0.1) is 0 Å². The minimum absolute atomic E-state index is 0.0513. The van der Waals surface area contributed by atoms with Crippen molar-refractivity contribution in [3.63, 3.8) is 0 Å². The Labute approximate surface area is 153 Å². The molecule has 1 aromatic heterocycles. The lowest BCUT2D eigenvalue weighted by Gasteiger charge is -2.18. The van der Waals surface area contributed by atoms with Gasteiger partial charge in [0.1, 0.15) is 5.82 Å². The van der Waals surface area contributed by atoms with E-state index in [-0.39, 0.29) is 11.2 Å². The first kappa shape index (κ1) is 18.0. The Bertz CT molecular complexity index is 711. The number of hydrogen-bond donors (Lipinski definition) is 1. The molecule has 1 N–H and O–H groups in total. The van der Waals surface area contributed by atoms with Crippen LogP contribution >= 0.6 is 11.8 Å². The number of hydrogen-bond acceptors (Lipinski definition) is 4. The van der Waals surface area contributed by atoms with Gasteiger partial charge in [0.15, 0.2) is 5.16 Å². The average molecular weight is 359 g/mol. The van der Waals surface area contributed by atoms with Gasteiger partial charge in [0, 0.05) is 25.4 Å². The van der Waals surface area contributed by atoms with Crippen LogP contribution in [-0.4, -0.2) is 32.5 Å².